The molecule has 1 aliphatic rings. The van der Waals surface area contributed by atoms with Crippen molar-refractivity contribution >= 4 is 23.4 Å². The zero-order valence-corrected chi connectivity index (χ0v) is 19.9. The molecule has 1 aromatic heterocycles. The number of hydrogen-bond acceptors (Lipinski definition) is 5. The Morgan fingerprint density at radius 2 is 1.85 bits per heavy atom. The summed E-state index contributed by atoms with van der Waals surface area (Å²) in [5.74, 6) is 1.39. The van der Waals surface area contributed by atoms with E-state index in [0.717, 1.165) is 35.1 Å². The van der Waals surface area contributed by atoms with Crippen molar-refractivity contribution in [2.24, 2.45) is 0 Å². The first-order valence-electron chi connectivity index (χ1n) is 11.4. The van der Waals surface area contributed by atoms with Crippen molar-refractivity contribution in [2.75, 3.05) is 24.3 Å². The van der Waals surface area contributed by atoms with E-state index < -0.39 is 0 Å². The lowest BCUT2D eigenvalue weighted by atomic mass is 9.95. The van der Waals surface area contributed by atoms with Gasteiger partial charge in [0.1, 0.15) is 11.6 Å². The number of benzene rings is 2. The number of halogens is 1. The molecule has 3 aromatic rings. The summed E-state index contributed by atoms with van der Waals surface area (Å²) in [5, 5.41) is 9.75. The van der Waals surface area contributed by atoms with E-state index in [0.29, 0.717) is 18.3 Å². The second-order valence-corrected chi connectivity index (χ2v) is 9.01. The molecule has 1 aliphatic carbocycles. The number of para-hydroxylation sites is 1. The van der Waals surface area contributed by atoms with E-state index in [2.05, 4.69) is 14.8 Å². The third-order valence-corrected chi connectivity index (χ3v) is 6.96. The molecule has 1 amide bonds. The topological polar surface area (TPSA) is 60.3 Å². The second kappa shape index (κ2) is 10.8. The highest BCUT2D eigenvalue weighted by Gasteiger charge is 2.26. The standard InChI is InChI=1S/C25H29FN4O2S/c1-3-29(19-15-13-18(26)14-16-19)23(31)17-33-25-28-27-24(21-11-7-8-12-22(21)32-2)30(25)20-9-5-4-6-10-20/h7-8,11-16,20H,3-6,9-10,17H2,1-2H3. The lowest BCUT2D eigenvalue weighted by Gasteiger charge is -2.26. The van der Waals surface area contributed by atoms with Crippen LogP contribution in [0.2, 0.25) is 0 Å². The predicted molar refractivity (Wildman–Crippen MR) is 129 cm³/mol. The van der Waals surface area contributed by atoms with Crippen LogP contribution >= 0.6 is 11.8 Å². The minimum Gasteiger partial charge on any atom is -0.496 e. The molecule has 0 spiro atoms. The largest absolute Gasteiger partial charge is 0.496 e. The van der Waals surface area contributed by atoms with Gasteiger partial charge in [-0.05, 0) is 56.2 Å². The van der Waals surface area contributed by atoms with Gasteiger partial charge in [0.15, 0.2) is 11.0 Å². The van der Waals surface area contributed by atoms with Crippen LogP contribution in [-0.2, 0) is 4.79 Å². The normalized spacial score (nSPS) is 14.3. The highest BCUT2D eigenvalue weighted by atomic mass is 32.2. The van der Waals surface area contributed by atoms with Gasteiger partial charge in [-0.25, -0.2) is 4.39 Å². The van der Waals surface area contributed by atoms with E-state index in [-0.39, 0.29) is 17.5 Å². The van der Waals surface area contributed by atoms with Crippen LogP contribution < -0.4 is 9.64 Å². The highest BCUT2D eigenvalue weighted by Crippen LogP contribution is 2.38. The monoisotopic (exact) mass is 468 g/mol. The van der Waals surface area contributed by atoms with Gasteiger partial charge >= 0.3 is 0 Å². The number of rotatable bonds is 8. The summed E-state index contributed by atoms with van der Waals surface area (Å²) in [5.41, 5.74) is 1.59. The van der Waals surface area contributed by atoms with Gasteiger partial charge in [-0.15, -0.1) is 10.2 Å². The van der Waals surface area contributed by atoms with E-state index in [1.807, 2.05) is 31.2 Å². The van der Waals surface area contributed by atoms with E-state index in [9.17, 15) is 9.18 Å². The molecule has 0 unspecified atom stereocenters. The third-order valence-electron chi connectivity index (χ3n) is 6.03. The van der Waals surface area contributed by atoms with E-state index >= 15 is 0 Å². The smallest absolute Gasteiger partial charge is 0.237 e. The molecule has 8 heteroatoms. The molecule has 33 heavy (non-hydrogen) atoms. The Bertz CT molecular complexity index is 1080. The van der Waals surface area contributed by atoms with Gasteiger partial charge in [-0.1, -0.05) is 43.2 Å². The highest BCUT2D eigenvalue weighted by molar-refractivity contribution is 7.99. The molecular weight excluding hydrogens is 439 g/mol. The van der Waals surface area contributed by atoms with Crippen molar-refractivity contribution in [3.8, 4) is 17.1 Å². The molecular formula is C25H29FN4O2S. The quantitative estimate of drug-likeness (QED) is 0.394. The first-order valence-corrected chi connectivity index (χ1v) is 12.4. The number of anilines is 1. The molecule has 0 radical (unpaired) electrons. The molecule has 2 aromatic carbocycles. The van der Waals surface area contributed by atoms with Crippen molar-refractivity contribution in [3.63, 3.8) is 0 Å². The van der Waals surface area contributed by atoms with Crippen molar-refractivity contribution in [2.45, 2.75) is 50.2 Å². The summed E-state index contributed by atoms with van der Waals surface area (Å²) in [6, 6.07) is 14.1. The van der Waals surface area contributed by atoms with Crippen molar-refractivity contribution in [1.29, 1.82) is 0 Å². The Morgan fingerprint density at radius 1 is 1.12 bits per heavy atom. The molecule has 1 saturated carbocycles. The Balaban J connectivity index is 1.60. The van der Waals surface area contributed by atoms with Gasteiger partial charge in [0.2, 0.25) is 5.91 Å². The Labute approximate surface area is 198 Å². The van der Waals surface area contributed by atoms with Crippen molar-refractivity contribution in [1.82, 2.24) is 14.8 Å². The number of carbonyl (C=O) groups is 1. The molecule has 6 nitrogen and oxygen atoms in total. The molecule has 0 bridgehead atoms. The van der Waals surface area contributed by atoms with Crippen LogP contribution in [0.4, 0.5) is 10.1 Å². The van der Waals surface area contributed by atoms with E-state index in [1.165, 1.54) is 43.2 Å². The molecule has 4 rings (SSSR count). The van der Waals surface area contributed by atoms with Gasteiger partial charge in [-0.2, -0.15) is 0 Å². The fourth-order valence-electron chi connectivity index (χ4n) is 4.39. The zero-order valence-electron chi connectivity index (χ0n) is 19.0. The van der Waals surface area contributed by atoms with Crippen LogP contribution in [0.1, 0.15) is 45.1 Å². The van der Waals surface area contributed by atoms with Crippen molar-refractivity contribution < 1.29 is 13.9 Å². The molecule has 0 N–H and O–H groups in total. The third kappa shape index (κ3) is 5.21. The molecule has 174 valence electrons. The minimum atomic E-state index is -0.318. The Kier molecular flexibility index (Phi) is 7.65. The van der Waals surface area contributed by atoms with Gasteiger partial charge in [0, 0.05) is 18.3 Å². The maximum absolute atomic E-state index is 13.3. The lowest BCUT2D eigenvalue weighted by molar-refractivity contribution is -0.116. The van der Waals surface area contributed by atoms with Gasteiger partial charge in [-0.3, -0.25) is 9.36 Å². The maximum atomic E-state index is 13.3. The first-order chi connectivity index (χ1) is 16.1. The fourth-order valence-corrected chi connectivity index (χ4v) is 5.27. The SMILES string of the molecule is CCN(C(=O)CSc1nnc(-c2ccccc2OC)n1C1CCCCC1)c1ccc(F)cc1. The van der Waals surface area contributed by atoms with Crippen LogP contribution in [0, 0.1) is 5.82 Å². The van der Waals surface area contributed by atoms with Crippen LogP contribution in [0.25, 0.3) is 11.4 Å². The summed E-state index contributed by atoms with van der Waals surface area (Å²) >= 11 is 1.40. The maximum Gasteiger partial charge on any atom is 0.237 e. The number of amides is 1. The first kappa shape index (κ1) is 23.3. The number of thioether (sulfide) groups is 1. The minimum absolute atomic E-state index is 0.0499. The van der Waals surface area contributed by atoms with Crippen LogP contribution in [0.3, 0.4) is 0 Å². The Morgan fingerprint density at radius 3 is 2.55 bits per heavy atom. The lowest BCUT2D eigenvalue weighted by Crippen LogP contribution is -2.32. The average Bonchev–Trinajstić information content (AvgIpc) is 3.28. The summed E-state index contributed by atoms with van der Waals surface area (Å²) in [7, 11) is 1.66. The molecule has 0 saturated heterocycles. The van der Waals surface area contributed by atoms with Gasteiger partial charge < -0.3 is 9.64 Å². The van der Waals surface area contributed by atoms with E-state index in [4.69, 9.17) is 4.74 Å². The van der Waals surface area contributed by atoms with Crippen LogP contribution in [0.5, 0.6) is 5.75 Å². The molecule has 1 heterocycles. The molecule has 1 fully saturated rings. The number of ether oxygens (including phenoxy) is 1. The second-order valence-electron chi connectivity index (χ2n) is 8.07. The van der Waals surface area contributed by atoms with E-state index in [1.54, 1.807) is 24.1 Å². The van der Waals surface area contributed by atoms with Gasteiger partial charge in [0.05, 0.1) is 18.4 Å². The summed E-state index contributed by atoms with van der Waals surface area (Å²) in [6.07, 6.45) is 5.72. The fraction of sp³-hybridized carbons (Fsp3) is 0.400. The van der Waals surface area contributed by atoms with Gasteiger partial charge in [0.25, 0.3) is 0 Å². The van der Waals surface area contributed by atoms with Crippen molar-refractivity contribution in [3.05, 3.63) is 54.3 Å². The Hall–Kier alpha value is -2.87. The number of methoxy groups -OCH3 is 1. The van der Waals surface area contributed by atoms with Crippen LogP contribution in [0.15, 0.2) is 53.7 Å². The number of aromatic nitrogens is 3. The predicted octanol–water partition coefficient (Wildman–Crippen LogP) is 5.74. The summed E-state index contributed by atoms with van der Waals surface area (Å²) in [4.78, 5) is 14.7. The average molecular weight is 469 g/mol. The summed E-state index contributed by atoms with van der Waals surface area (Å²) < 4.78 is 21.1. The number of hydrogen-bond donors (Lipinski definition) is 0. The number of carbonyl (C=O) groups excluding carboxylic acids is 1. The molecule has 0 atom stereocenters. The molecule has 0 aliphatic heterocycles. The number of nitrogens with zero attached hydrogens (tertiary/aromatic N) is 4. The summed E-state index contributed by atoms with van der Waals surface area (Å²) in [6.45, 7) is 2.42. The zero-order chi connectivity index (χ0) is 23.2. The van der Waals surface area contributed by atoms with Crippen LogP contribution in [-0.4, -0.2) is 40.1 Å².